The Morgan fingerprint density at radius 1 is 1.39 bits per heavy atom. The lowest BCUT2D eigenvalue weighted by atomic mass is 10.0. The molecule has 18 heavy (non-hydrogen) atoms. The third-order valence-electron chi connectivity index (χ3n) is 2.49. The Hall–Kier alpha value is -1.10. The second-order valence-electron chi connectivity index (χ2n) is 3.93. The number of halogens is 1. The van der Waals surface area contributed by atoms with Gasteiger partial charge in [0.25, 0.3) is 0 Å². The molecule has 2 atom stereocenters. The first-order chi connectivity index (χ1) is 8.13. The minimum Gasteiger partial charge on any atom is -0.466 e. The van der Waals surface area contributed by atoms with Crippen molar-refractivity contribution in [2.45, 2.75) is 31.9 Å². The van der Waals surface area contributed by atoms with Crippen LogP contribution in [0.2, 0.25) is 0 Å². The molecule has 0 aliphatic heterocycles. The number of benzene rings is 1. The van der Waals surface area contributed by atoms with Gasteiger partial charge in [-0.2, -0.15) is 0 Å². The average Bonchev–Trinajstić information content (AvgIpc) is 2.30. The maximum Gasteiger partial charge on any atom is 0.308 e. The van der Waals surface area contributed by atoms with Gasteiger partial charge in [-0.3, -0.25) is 4.79 Å². The van der Waals surface area contributed by atoms with Crippen LogP contribution in [0.4, 0.5) is 0 Å². The number of aliphatic hydroxyl groups is 1. The van der Waals surface area contributed by atoms with E-state index in [0.29, 0.717) is 13.0 Å². The molecule has 0 aliphatic carbocycles. The number of rotatable bonds is 6. The molecule has 0 spiro atoms. The quantitative estimate of drug-likeness (QED) is 0.766. The summed E-state index contributed by atoms with van der Waals surface area (Å²) in [4.78, 5) is 11.2. The van der Waals surface area contributed by atoms with Gasteiger partial charge in [0, 0.05) is 6.04 Å². The Morgan fingerprint density at radius 3 is 2.56 bits per heavy atom. The number of esters is 1. The van der Waals surface area contributed by atoms with Gasteiger partial charge in [0.15, 0.2) is 0 Å². The zero-order valence-electron chi connectivity index (χ0n) is 10.4. The molecule has 0 heterocycles. The van der Waals surface area contributed by atoms with Crippen LogP contribution in [0.1, 0.15) is 18.9 Å². The first kappa shape index (κ1) is 16.9. The van der Waals surface area contributed by atoms with Gasteiger partial charge in [0.2, 0.25) is 0 Å². The molecule has 1 rings (SSSR count). The highest BCUT2D eigenvalue weighted by Crippen LogP contribution is 2.07. The average molecular weight is 274 g/mol. The Balaban J connectivity index is 0.00000289. The maximum atomic E-state index is 11.2. The lowest BCUT2D eigenvalue weighted by molar-refractivity contribution is -0.145. The summed E-state index contributed by atoms with van der Waals surface area (Å²) in [6, 6.07) is 9.18. The van der Waals surface area contributed by atoms with Crippen molar-refractivity contribution in [1.82, 2.24) is 0 Å². The third-order valence-corrected chi connectivity index (χ3v) is 2.49. The lowest BCUT2D eigenvalue weighted by Gasteiger charge is -2.18. The molecule has 5 heteroatoms. The van der Waals surface area contributed by atoms with E-state index < -0.39 is 18.1 Å². The summed E-state index contributed by atoms with van der Waals surface area (Å²) in [7, 11) is 0. The normalized spacial score (nSPS) is 13.3. The fourth-order valence-corrected chi connectivity index (χ4v) is 1.56. The van der Waals surface area contributed by atoms with Gasteiger partial charge in [-0.15, -0.1) is 12.4 Å². The van der Waals surface area contributed by atoms with Crippen molar-refractivity contribution in [2.24, 2.45) is 5.73 Å². The highest BCUT2D eigenvalue weighted by molar-refractivity contribution is 5.85. The molecule has 4 nitrogen and oxygen atoms in total. The minimum atomic E-state index is -0.866. The molecule has 102 valence electrons. The monoisotopic (exact) mass is 273 g/mol. The summed E-state index contributed by atoms with van der Waals surface area (Å²) >= 11 is 0. The number of ether oxygens (including phenoxy) is 1. The van der Waals surface area contributed by atoms with E-state index in [1.807, 2.05) is 30.3 Å². The van der Waals surface area contributed by atoms with Crippen LogP contribution in [-0.4, -0.2) is 29.8 Å². The van der Waals surface area contributed by atoms with Crippen LogP contribution in [0.15, 0.2) is 30.3 Å². The highest BCUT2D eigenvalue weighted by Gasteiger charge is 2.19. The van der Waals surface area contributed by atoms with E-state index in [-0.39, 0.29) is 18.8 Å². The van der Waals surface area contributed by atoms with Gasteiger partial charge in [0.05, 0.1) is 19.1 Å². The molecular formula is C13H20ClNO3. The summed E-state index contributed by atoms with van der Waals surface area (Å²) < 4.78 is 4.76. The lowest BCUT2D eigenvalue weighted by Crippen LogP contribution is -2.38. The molecule has 1 aromatic rings. The molecule has 0 amide bonds. The van der Waals surface area contributed by atoms with Crippen LogP contribution in [0, 0.1) is 0 Å². The zero-order valence-corrected chi connectivity index (χ0v) is 11.2. The van der Waals surface area contributed by atoms with Gasteiger partial charge in [-0.1, -0.05) is 30.3 Å². The van der Waals surface area contributed by atoms with E-state index in [9.17, 15) is 9.90 Å². The summed E-state index contributed by atoms with van der Waals surface area (Å²) in [5, 5.41) is 9.75. The standard InChI is InChI=1S/C13H19NO3.ClH/c1-2-17-13(16)9-12(15)11(14)8-10-6-4-3-5-7-10;/h3-7,11-12,15H,2,8-9,14H2,1H3;1H/t11-,12-;/m0./s1. The van der Waals surface area contributed by atoms with Crippen molar-refractivity contribution in [3.8, 4) is 0 Å². The van der Waals surface area contributed by atoms with E-state index in [1.54, 1.807) is 6.92 Å². The molecule has 0 aromatic heterocycles. The van der Waals surface area contributed by atoms with Gasteiger partial charge < -0.3 is 15.6 Å². The Bertz CT molecular complexity index is 345. The second-order valence-corrected chi connectivity index (χ2v) is 3.93. The van der Waals surface area contributed by atoms with Crippen LogP contribution >= 0.6 is 12.4 Å². The van der Waals surface area contributed by atoms with Crippen LogP contribution in [0.3, 0.4) is 0 Å². The van der Waals surface area contributed by atoms with Crippen LogP contribution in [0.25, 0.3) is 0 Å². The molecule has 0 bridgehead atoms. The molecule has 0 saturated heterocycles. The van der Waals surface area contributed by atoms with Gasteiger partial charge >= 0.3 is 5.97 Å². The van der Waals surface area contributed by atoms with Crippen molar-refractivity contribution in [3.63, 3.8) is 0 Å². The summed E-state index contributed by atoms with van der Waals surface area (Å²) in [5.41, 5.74) is 6.88. The SMILES string of the molecule is CCOC(=O)C[C@H](O)[C@@H](N)Cc1ccccc1.Cl. The van der Waals surface area contributed by atoms with E-state index in [4.69, 9.17) is 10.5 Å². The van der Waals surface area contributed by atoms with Crippen molar-refractivity contribution >= 4 is 18.4 Å². The van der Waals surface area contributed by atoms with E-state index >= 15 is 0 Å². The largest absolute Gasteiger partial charge is 0.466 e. The molecule has 0 unspecified atom stereocenters. The number of aliphatic hydroxyl groups excluding tert-OH is 1. The van der Waals surface area contributed by atoms with Crippen LogP contribution in [0.5, 0.6) is 0 Å². The molecular weight excluding hydrogens is 254 g/mol. The minimum absolute atomic E-state index is 0. The van der Waals surface area contributed by atoms with Gasteiger partial charge in [0.1, 0.15) is 0 Å². The maximum absolute atomic E-state index is 11.2. The Labute approximate surface area is 114 Å². The fourth-order valence-electron chi connectivity index (χ4n) is 1.56. The Kier molecular flexibility index (Phi) is 8.37. The van der Waals surface area contributed by atoms with Crippen molar-refractivity contribution in [1.29, 1.82) is 0 Å². The first-order valence-electron chi connectivity index (χ1n) is 5.76. The number of carbonyl (C=O) groups is 1. The van der Waals surface area contributed by atoms with Crippen molar-refractivity contribution in [2.75, 3.05) is 6.61 Å². The van der Waals surface area contributed by atoms with Gasteiger partial charge in [-0.25, -0.2) is 0 Å². The van der Waals surface area contributed by atoms with Crippen molar-refractivity contribution in [3.05, 3.63) is 35.9 Å². The second kappa shape index (κ2) is 8.91. The molecule has 0 radical (unpaired) electrons. The smallest absolute Gasteiger partial charge is 0.308 e. The van der Waals surface area contributed by atoms with Crippen LogP contribution in [-0.2, 0) is 16.0 Å². The fraction of sp³-hybridized carbons (Fsp3) is 0.462. The first-order valence-corrected chi connectivity index (χ1v) is 5.76. The van der Waals surface area contributed by atoms with E-state index in [0.717, 1.165) is 5.56 Å². The molecule has 0 aliphatic rings. The number of hydrogen-bond donors (Lipinski definition) is 2. The number of carbonyl (C=O) groups excluding carboxylic acids is 1. The molecule has 1 aromatic carbocycles. The topological polar surface area (TPSA) is 72.5 Å². The van der Waals surface area contributed by atoms with E-state index in [2.05, 4.69) is 0 Å². The summed E-state index contributed by atoms with van der Waals surface area (Å²) in [6.07, 6.45) is -0.377. The van der Waals surface area contributed by atoms with Crippen molar-refractivity contribution < 1.29 is 14.6 Å². The molecule has 0 saturated carbocycles. The highest BCUT2D eigenvalue weighted by atomic mass is 35.5. The van der Waals surface area contributed by atoms with Gasteiger partial charge in [-0.05, 0) is 18.9 Å². The number of nitrogens with two attached hydrogens (primary N) is 1. The predicted molar refractivity (Wildman–Crippen MR) is 72.6 cm³/mol. The summed E-state index contributed by atoms with van der Waals surface area (Å²) in [6.45, 7) is 2.05. The number of hydrogen-bond acceptors (Lipinski definition) is 4. The summed E-state index contributed by atoms with van der Waals surface area (Å²) in [5.74, 6) is -0.413. The Morgan fingerprint density at radius 2 is 2.00 bits per heavy atom. The third kappa shape index (κ3) is 6.00. The molecule has 3 N–H and O–H groups in total. The van der Waals surface area contributed by atoms with E-state index in [1.165, 1.54) is 0 Å². The zero-order chi connectivity index (χ0) is 12.7. The predicted octanol–water partition coefficient (Wildman–Crippen LogP) is 1.29. The molecule has 0 fully saturated rings. The van der Waals surface area contributed by atoms with Crippen LogP contribution < -0.4 is 5.73 Å².